The Bertz CT molecular complexity index is 1240. The lowest BCUT2D eigenvalue weighted by atomic mass is 9.99. The summed E-state index contributed by atoms with van der Waals surface area (Å²) in [7, 11) is 0. The number of nitrogens with one attached hydrogen (secondary N) is 1. The van der Waals surface area contributed by atoms with Crippen molar-refractivity contribution in [1.29, 1.82) is 5.26 Å². The van der Waals surface area contributed by atoms with Gasteiger partial charge in [0.1, 0.15) is 0 Å². The van der Waals surface area contributed by atoms with Crippen molar-refractivity contribution >= 4 is 28.1 Å². The van der Waals surface area contributed by atoms with Crippen molar-refractivity contribution in [2.45, 2.75) is 19.9 Å². The number of fused-ring (bicyclic) bond motifs is 1. The Hall–Kier alpha value is -3.32. The van der Waals surface area contributed by atoms with Gasteiger partial charge in [0.2, 0.25) is 0 Å². The molecule has 172 valence electrons. The van der Waals surface area contributed by atoms with E-state index in [2.05, 4.69) is 65.7 Å². The van der Waals surface area contributed by atoms with Crippen LogP contribution in [0.1, 0.15) is 23.1 Å². The molecule has 34 heavy (non-hydrogen) atoms. The van der Waals surface area contributed by atoms with Crippen LogP contribution in [0.15, 0.2) is 91.0 Å². The van der Waals surface area contributed by atoms with Gasteiger partial charge in [-0.1, -0.05) is 77.8 Å². The van der Waals surface area contributed by atoms with Crippen molar-refractivity contribution in [3.05, 3.63) is 113 Å². The minimum Gasteiger partial charge on any atom is -0.367 e. The van der Waals surface area contributed by atoms with Gasteiger partial charge >= 0.3 is 0 Å². The van der Waals surface area contributed by atoms with Crippen LogP contribution in [0.4, 0.5) is 5.69 Å². The molecular formula is C30H30ClN3. The molecule has 4 aromatic carbocycles. The lowest BCUT2D eigenvalue weighted by Gasteiger charge is -2.28. The van der Waals surface area contributed by atoms with Crippen molar-refractivity contribution in [2.75, 3.05) is 24.5 Å². The van der Waals surface area contributed by atoms with Crippen LogP contribution in [-0.4, -0.2) is 19.6 Å². The second kappa shape index (κ2) is 11.7. The van der Waals surface area contributed by atoms with Gasteiger partial charge in [-0.2, -0.15) is 5.26 Å². The zero-order chi connectivity index (χ0) is 23.8. The highest BCUT2D eigenvalue weighted by molar-refractivity contribution is 6.30. The molecule has 1 fully saturated rings. The predicted molar refractivity (Wildman–Crippen MR) is 143 cm³/mol. The molecule has 5 rings (SSSR count). The van der Waals surface area contributed by atoms with Crippen LogP contribution in [-0.2, 0) is 6.54 Å². The maximum atomic E-state index is 9.42. The molecule has 1 unspecified atom stereocenters. The molecule has 0 aromatic heterocycles. The third-order valence-electron chi connectivity index (χ3n) is 6.27. The molecule has 0 saturated carbocycles. The standard InChI is InChI=1S/C23H22ClN3.C7H8/c24-20-7-9-21(10-8-20)27(15-17-11-12-26-14-17)16-19-4-2-5-22-18(13-25)3-1-6-23(19)22;1-7-5-3-2-4-6-7/h1-10,17,26H,11-12,14-16H2;2-6H,1H3. The van der Waals surface area contributed by atoms with Crippen LogP contribution < -0.4 is 10.2 Å². The first kappa shape index (κ1) is 23.8. The van der Waals surface area contributed by atoms with Crippen molar-refractivity contribution in [3.8, 4) is 6.07 Å². The summed E-state index contributed by atoms with van der Waals surface area (Å²) in [6.45, 7) is 6.06. The van der Waals surface area contributed by atoms with E-state index in [0.717, 1.165) is 47.5 Å². The monoisotopic (exact) mass is 467 g/mol. The number of halogens is 1. The van der Waals surface area contributed by atoms with Gasteiger partial charge in [-0.25, -0.2) is 0 Å². The molecule has 1 heterocycles. The molecule has 3 nitrogen and oxygen atoms in total. The van der Waals surface area contributed by atoms with E-state index in [4.69, 9.17) is 11.6 Å². The van der Waals surface area contributed by atoms with Crippen LogP contribution in [0.25, 0.3) is 10.8 Å². The summed E-state index contributed by atoms with van der Waals surface area (Å²) in [5.41, 5.74) is 4.47. The minimum absolute atomic E-state index is 0.644. The molecule has 1 N–H and O–H groups in total. The summed E-state index contributed by atoms with van der Waals surface area (Å²) < 4.78 is 0. The van der Waals surface area contributed by atoms with E-state index in [9.17, 15) is 5.26 Å². The number of anilines is 1. The largest absolute Gasteiger partial charge is 0.367 e. The zero-order valence-corrected chi connectivity index (χ0v) is 20.3. The van der Waals surface area contributed by atoms with Gasteiger partial charge in [0, 0.05) is 23.8 Å². The molecule has 0 bridgehead atoms. The average Bonchev–Trinajstić information content (AvgIpc) is 3.38. The maximum Gasteiger partial charge on any atom is 0.0998 e. The van der Waals surface area contributed by atoms with E-state index in [0.29, 0.717) is 5.92 Å². The van der Waals surface area contributed by atoms with Gasteiger partial charge in [-0.3, -0.25) is 0 Å². The first-order chi connectivity index (χ1) is 16.6. The Morgan fingerprint density at radius 2 is 1.65 bits per heavy atom. The lowest BCUT2D eigenvalue weighted by molar-refractivity contribution is 0.558. The first-order valence-electron chi connectivity index (χ1n) is 11.8. The van der Waals surface area contributed by atoms with Gasteiger partial charge in [0.05, 0.1) is 11.6 Å². The highest BCUT2D eigenvalue weighted by Gasteiger charge is 2.19. The van der Waals surface area contributed by atoms with Crippen LogP contribution in [0.2, 0.25) is 5.02 Å². The second-order valence-corrected chi connectivity index (χ2v) is 9.24. The van der Waals surface area contributed by atoms with Gasteiger partial charge < -0.3 is 10.2 Å². The molecule has 0 amide bonds. The Balaban J connectivity index is 0.000000336. The van der Waals surface area contributed by atoms with Gasteiger partial charge in [-0.15, -0.1) is 0 Å². The zero-order valence-electron chi connectivity index (χ0n) is 19.5. The van der Waals surface area contributed by atoms with E-state index in [1.54, 1.807) is 0 Å². The lowest BCUT2D eigenvalue weighted by Crippen LogP contribution is -2.30. The quantitative estimate of drug-likeness (QED) is 0.344. The molecule has 4 heteroatoms. The summed E-state index contributed by atoms with van der Waals surface area (Å²) in [4.78, 5) is 2.43. The van der Waals surface area contributed by atoms with Crippen LogP contribution in [0, 0.1) is 24.2 Å². The molecule has 0 radical (unpaired) electrons. The van der Waals surface area contributed by atoms with Crippen molar-refractivity contribution in [2.24, 2.45) is 5.92 Å². The number of nitriles is 1. The van der Waals surface area contributed by atoms with Crippen LogP contribution in [0.5, 0.6) is 0 Å². The summed E-state index contributed by atoms with van der Waals surface area (Å²) in [6.07, 6.45) is 1.21. The minimum atomic E-state index is 0.644. The Morgan fingerprint density at radius 3 is 2.29 bits per heavy atom. The van der Waals surface area contributed by atoms with Crippen LogP contribution >= 0.6 is 11.6 Å². The third-order valence-corrected chi connectivity index (χ3v) is 6.52. The number of aryl methyl sites for hydroxylation is 1. The van der Waals surface area contributed by atoms with E-state index >= 15 is 0 Å². The van der Waals surface area contributed by atoms with E-state index in [-0.39, 0.29) is 0 Å². The smallest absolute Gasteiger partial charge is 0.0998 e. The summed E-state index contributed by atoms with van der Waals surface area (Å²) >= 11 is 6.10. The van der Waals surface area contributed by atoms with Crippen molar-refractivity contribution in [3.63, 3.8) is 0 Å². The number of nitrogens with zero attached hydrogens (tertiary/aromatic N) is 2. The molecule has 1 atom stereocenters. The van der Waals surface area contributed by atoms with Gasteiger partial charge in [0.25, 0.3) is 0 Å². The Morgan fingerprint density at radius 1 is 0.912 bits per heavy atom. The summed E-state index contributed by atoms with van der Waals surface area (Å²) in [6, 6.07) is 32.9. The molecular weight excluding hydrogens is 438 g/mol. The fourth-order valence-corrected chi connectivity index (χ4v) is 4.57. The Labute approximate surface area is 207 Å². The fourth-order valence-electron chi connectivity index (χ4n) is 4.45. The molecule has 1 aliphatic heterocycles. The number of hydrogen-bond donors (Lipinski definition) is 1. The van der Waals surface area contributed by atoms with Crippen LogP contribution in [0.3, 0.4) is 0 Å². The molecule has 4 aromatic rings. The Kier molecular flexibility index (Phi) is 8.20. The predicted octanol–water partition coefficient (Wildman–Crippen LogP) is 6.98. The highest BCUT2D eigenvalue weighted by Crippen LogP contribution is 2.27. The SMILES string of the molecule is Cc1ccccc1.N#Cc1cccc2c(CN(CC3CCNC3)c3ccc(Cl)cc3)cccc12. The summed E-state index contributed by atoms with van der Waals surface area (Å²) in [5, 5.41) is 15.8. The maximum absolute atomic E-state index is 9.42. The number of hydrogen-bond acceptors (Lipinski definition) is 3. The van der Waals surface area contributed by atoms with E-state index in [1.807, 2.05) is 48.5 Å². The third kappa shape index (κ3) is 6.17. The average molecular weight is 468 g/mol. The topological polar surface area (TPSA) is 39.1 Å². The van der Waals surface area contributed by atoms with Gasteiger partial charge in [-0.05, 0) is 79.0 Å². The fraction of sp³-hybridized carbons (Fsp3) is 0.233. The first-order valence-corrected chi connectivity index (χ1v) is 12.2. The van der Waals surface area contributed by atoms with Crippen molar-refractivity contribution < 1.29 is 0 Å². The normalized spacial score (nSPS) is 14.8. The highest BCUT2D eigenvalue weighted by atomic mass is 35.5. The molecule has 1 aliphatic rings. The second-order valence-electron chi connectivity index (χ2n) is 8.80. The van der Waals surface area contributed by atoms with E-state index < -0.39 is 0 Å². The molecule has 0 spiro atoms. The summed E-state index contributed by atoms with van der Waals surface area (Å²) in [5.74, 6) is 0.644. The number of rotatable bonds is 5. The molecule has 1 saturated heterocycles. The molecule has 0 aliphatic carbocycles. The van der Waals surface area contributed by atoms with Gasteiger partial charge in [0.15, 0.2) is 0 Å². The van der Waals surface area contributed by atoms with E-state index in [1.165, 1.54) is 23.2 Å². The number of benzene rings is 4. The van der Waals surface area contributed by atoms with Crippen molar-refractivity contribution in [1.82, 2.24) is 5.32 Å².